The topological polar surface area (TPSA) is 188 Å². The molecular formula is C38H41N7O7. The van der Waals surface area contributed by atoms with Crippen molar-refractivity contribution in [1.29, 1.82) is 0 Å². The van der Waals surface area contributed by atoms with Crippen LogP contribution in [0.4, 0.5) is 0 Å². The molecule has 2 aromatic carbocycles. The number of pyridine rings is 1. The number of aromatic nitrogens is 3. The van der Waals surface area contributed by atoms with E-state index in [4.69, 9.17) is 10.5 Å². The number of rotatable bonds is 9. The van der Waals surface area contributed by atoms with Crippen molar-refractivity contribution < 1.29 is 28.7 Å². The fraction of sp³-hybridized carbons (Fsp3) is 0.421. The van der Waals surface area contributed by atoms with Gasteiger partial charge in [-0.2, -0.15) is 0 Å². The van der Waals surface area contributed by atoms with Gasteiger partial charge in [0.1, 0.15) is 17.3 Å². The molecule has 3 N–H and O–H groups in total. The maximum atomic E-state index is 14.8. The zero-order valence-corrected chi connectivity index (χ0v) is 28.7. The van der Waals surface area contributed by atoms with Crippen molar-refractivity contribution in [2.24, 2.45) is 16.6 Å². The first-order chi connectivity index (χ1) is 25.1. The number of fused-ring (bicyclic) bond motifs is 2. The van der Waals surface area contributed by atoms with Gasteiger partial charge in [-0.1, -0.05) is 68.5 Å². The largest absolute Gasteiger partial charge is 0.381 e. The van der Waals surface area contributed by atoms with Crippen LogP contribution in [0.1, 0.15) is 74.2 Å². The molecular weight excluding hydrogens is 666 g/mol. The minimum atomic E-state index is -1.61. The van der Waals surface area contributed by atoms with E-state index >= 15 is 0 Å². The Bertz CT molecular complexity index is 2140. The van der Waals surface area contributed by atoms with Crippen LogP contribution in [0.25, 0.3) is 16.4 Å². The Morgan fingerprint density at radius 3 is 2.40 bits per heavy atom. The summed E-state index contributed by atoms with van der Waals surface area (Å²) >= 11 is 0. The molecule has 14 heteroatoms. The van der Waals surface area contributed by atoms with Crippen LogP contribution in [0.5, 0.6) is 0 Å². The molecule has 0 spiro atoms. The smallest absolute Gasteiger partial charge is 0.350 e. The molecule has 3 aliphatic rings. The van der Waals surface area contributed by atoms with Gasteiger partial charge in [-0.15, -0.1) is 5.10 Å². The molecule has 4 amide bonds. The van der Waals surface area contributed by atoms with Crippen molar-refractivity contribution in [3.63, 3.8) is 0 Å². The van der Waals surface area contributed by atoms with Crippen molar-refractivity contribution in [3.8, 4) is 0 Å². The van der Waals surface area contributed by atoms with Crippen LogP contribution in [-0.2, 0) is 23.9 Å². The number of benzene rings is 2. The number of amides is 4. The second-order valence-corrected chi connectivity index (χ2v) is 14.0. The molecule has 0 bridgehead atoms. The number of nitrogens with two attached hydrogens (primary N) is 1. The molecule has 52 heavy (non-hydrogen) atoms. The Labute approximate surface area is 299 Å². The lowest BCUT2D eigenvalue weighted by Crippen LogP contribution is -2.63. The van der Waals surface area contributed by atoms with Crippen LogP contribution in [0.2, 0.25) is 0 Å². The van der Waals surface area contributed by atoms with E-state index in [2.05, 4.69) is 15.4 Å². The van der Waals surface area contributed by atoms with Crippen LogP contribution in [0.3, 0.4) is 0 Å². The van der Waals surface area contributed by atoms with Gasteiger partial charge in [0.2, 0.25) is 11.7 Å². The van der Waals surface area contributed by atoms with E-state index in [1.165, 1.54) is 14.0 Å². The summed E-state index contributed by atoms with van der Waals surface area (Å²) in [6.07, 6.45) is 6.68. The summed E-state index contributed by atoms with van der Waals surface area (Å²) in [6, 6.07) is 16.1. The molecule has 1 aliphatic carbocycles. The first-order valence-electron chi connectivity index (χ1n) is 17.8. The number of aliphatic imine (C=N–C) groups is 1. The third kappa shape index (κ3) is 6.90. The highest BCUT2D eigenvalue weighted by Gasteiger charge is 2.49. The molecule has 2 aliphatic heterocycles. The number of primary amides is 1. The summed E-state index contributed by atoms with van der Waals surface area (Å²) in [5.74, 6) is -3.90. The number of hydrogen-bond acceptors (Lipinski definition) is 8. The third-order valence-electron chi connectivity index (χ3n) is 10.7. The van der Waals surface area contributed by atoms with Gasteiger partial charge < -0.3 is 20.7 Å². The number of hydrogen-bond donors (Lipinski definition) is 2. The number of Topliss-reactive ketones (excluding diaryl/α,β-unsaturated/α-hetero) is 1. The van der Waals surface area contributed by atoms with E-state index < -0.39 is 52.7 Å². The number of nitrogens with one attached hydrogen (secondary N) is 1. The lowest BCUT2D eigenvalue weighted by Gasteiger charge is -2.37. The first-order valence-corrected chi connectivity index (χ1v) is 17.8. The van der Waals surface area contributed by atoms with Gasteiger partial charge in [0, 0.05) is 50.8 Å². The molecule has 4 aromatic rings. The predicted octanol–water partition coefficient (Wildman–Crippen LogP) is 2.76. The second kappa shape index (κ2) is 14.6. The monoisotopic (exact) mass is 707 g/mol. The number of likely N-dealkylation sites (tertiary alicyclic amines) is 1. The van der Waals surface area contributed by atoms with Crippen molar-refractivity contribution in [2.45, 2.75) is 75.4 Å². The van der Waals surface area contributed by atoms with E-state index in [0.717, 1.165) is 42.9 Å². The minimum absolute atomic E-state index is 0.0190. The minimum Gasteiger partial charge on any atom is -0.381 e. The highest BCUT2D eigenvalue weighted by atomic mass is 16.5. The molecule has 0 radical (unpaired) electrons. The summed E-state index contributed by atoms with van der Waals surface area (Å²) < 4.78 is 8.06. The Kier molecular flexibility index (Phi) is 9.82. The molecule has 14 nitrogen and oxygen atoms in total. The molecule has 7 rings (SSSR count). The number of nitrogens with zero attached hydrogens (tertiary/aromatic N) is 5. The number of carbonyl (C=O) groups excluding carboxylic acids is 5. The molecule has 270 valence electrons. The van der Waals surface area contributed by atoms with Gasteiger partial charge in [-0.3, -0.25) is 28.4 Å². The standard InChI is InChI=1S/C38H41N7O7/c39-33(47)32(46)38(15-18-52-19-16-38)41-35(49)30-22-28(45-37(51)43-17-7-6-12-31(43)42-45)23-44(30)36(50)29(20-24-8-2-1-3-9-24)40-34(48)27-14-13-25-10-4-5-11-26(25)21-27/h4-7,10-14,17,21,24,28,30H,1-3,8-9,15-16,18-20,22-23H2,(H2,39,47)(H,41,49)/t28-,30-/m0/s1. The maximum absolute atomic E-state index is 14.8. The first kappa shape index (κ1) is 34.9. The van der Waals surface area contributed by atoms with Gasteiger partial charge >= 0.3 is 5.69 Å². The van der Waals surface area contributed by atoms with Crippen molar-refractivity contribution in [1.82, 2.24) is 24.4 Å². The highest BCUT2D eigenvalue weighted by molar-refractivity contribution is 6.41. The Hall–Kier alpha value is -5.50. The van der Waals surface area contributed by atoms with Crippen LogP contribution in [0.15, 0.2) is 76.6 Å². The summed E-state index contributed by atoms with van der Waals surface area (Å²) in [7, 11) is 0. The molecule has 3 fully saturated rings. The number of carbonyl (C=O) groups is 5. The average Bonchev–Trinajstić information content (AvgIpc) is 3.76. The van der Waals surface area contributed by atoms with Crippen LogP contribution in [0, 0.1) is 5.92 Å². The fourth-order valence-electron chi connectivity index (χ4n) is 7.85. The summed E-state index contributed by atoms with van der Waals surface area (Å²) in [5, 5.41) is 9.08. The SMILES string of the molecule is NC(=O)C(=O)C1(NC(=O)[C@@H]2C[C@H](n3nc4ccccn4c3=O)CN2C(=O)C(CC2CCCCC2)=NC(=O)c2ccc3ccccc3c2)CCOCC1. The number of ketones is 1. The zero-order chi connectivity index (χ0) is 36.4. The highest BCUT2D eigenvalue weighted by Crippen LogP contribution is 2.32. The van der Waals surface area contributed by atoms with Crippen molar-refractivity contribution in [3.05, 3.63) is 82.9 Å². The van der Waals surface area contributed by atoms with Crippen LogP contribution < -0.4 is 16.7 Å². The molecule has 2 aromatic heterocycles. The molecule has 2 saturated heterocycles. The van der Waals surface area contributed by atoms with E-state index in [-0.39, 0.29) is 57.1 Å². The molecule has 0 unspecified atom stereocenters. The molecule has 2 atom stereocenters. The van der Waals surface area contributed by atoms with Crippen LogP contribution >= 0.6 is 0 Å². The fourth-order valence-corrected chi connectivity index (χ4v) is 7.85. The average molecular weight is 708 g/mol. The second-order valence-electron chi connectivity index (χ2n) is 14.0. The van der Waals surface area contributed by atoms with Crippen molar-refractivity contribution >= 4 is 51.5 Å². The van der Waals surface area contributed by atoms with Gasteiger partial charge in [-0.25, -0.2) is 14.5 Å². The van der Waals surface area contributed by atoms with Gasteiger partial charge in [0.05, 0.1) is 6.04 Å². The lowest BCUT2D eigenvalue weighted by atomic mass is 9.84. The van der Waals surface area contributed by atoms with Gasteiger partial charge in [0.15, 0.2) is 5.65 Å². The van der Waals surface area contributed by atoms with Gasteiger partial charge in [-0.05, 0) is 47.4 Å². The van der Waals surface area contributed by atoms with E-state index in [1.54, 1.807) is 36.5 Å². The Morgan fingerprint density at radius 1 is 0.942 bits per heavy atom. The Morgan fingerprint density at radius 2 is 1.67 bits per heavy atom. The van der Waals surface area contributed by atoms with E-state index in [1.807, 2.05) is 30.3 Å². The van der Waals surface area contributed by atoms with Gasteiger partial charge in [0.25, 0.3) is 17.7 Å². The zero-order valence-electron chi connectivity index (χ0n) is 28.7. The molecule has 4 heterocycles. The lowest BCUT2D eigenvalue weighted by molar-refractivity contribution is -0.146. The van der Waals surface area contributed by atoms with E-state index in [9.17, 15) is 28.8 Å². The Balaban J connectivity index is 1.26. The van der Waals surface area contributed by atoms with Crippen LogP contribution in [-0.4, -0.2) is 85.5 Å². The number of ether oxygens (including phenoxy) is 1. The predicted molar refractivity (Wildman–Crippen MR) is 191 cm³/mol. The van der Waals surface area contributed by atoms with Crippen molar-refractivity contribution in [2.75, 3.05) is 19.8 Å². The molecule has 1 saturated carbocycles. The summed E-state index contributed by atoms with van der Waals surface area (Å²) in [6.45, 7) is 0.135. The third-order valence-corrected chi connectivity index (χ3v) is 10.7. The summed E-state index contributed by atoms with van der Waals surface area (Å²) in [5.41, 5.74) is 4.11. The quantitative estimate of drug-likeness (QED) is 0.196. The maximum Gasteiger partial charge on any atom is 0.350 e. The normalized spacial score (nSPS) is 20.9. The van der Waals surface area contributed by atoms with E-state index in [0.29, 0.717) is 11.2 Å². The summed E-state index contributed by atoms with van der Waals surface area (Å²) in [4.78, 5) is 87.3.